The van der Waals surface area contributed by atoms with Gasteiger partial charge in [-0.15, -0.1) is 0 Å². The van der Waals surface area contributed by atoms with E-state index in [-0.39, 0.29) is 16.4 Å². The van der Waals surface area contributed by atoms with Crippen LogP contribution in [0.5, 0.6) is 11.5 Å². The molecule has 39 heavy (non-hydrogen) atoms. The lowest BCUT2D eigenvalue weighted by Gasteiger charge is -2.31. The molecular weight excluding hydrogens is 533 g/mol. The van der Waals surface area contributed by atoms with Crippen molar-refractivity contribution in [3.05, 3.63) is 105 Å². The monoisotopic (exact) mass is 560 g/mol. The highest BCUT2D eigenvalue weighted by molar-refractivity contribution is 6.33. The van der Waals surface area contributed by atoms with Gasteiger partial charge in [-0.05, 0) is 47.9 Å². The number of pyridine rings is 1. The molecule has 206 valence electrons. The zero-order valence-electron chi connectivity index (χ0n) is 21.6. The molecule has 1 aliphatic rings. The number of aromatic amines is 1. The number of anilines is 2. The second-order valence-corrected chi connectivity index (χ2v) is 8.36. The van der Waals surface area contributed by atoms with E-state index in [1.165, 1.54) is 18.6 Å². The summed E-state index contributed by atoms with van der Waals surface area (Å²) in [6.45, 7) is 4.81. The SMILES string of the molecule is CC.COc1ccc(Cc2ccc3c(c2)OCCN3c2ncc(C(F)(F)F)cc2Cl)cc1.O=c1ccnc[nH]1. The van der Waals surface area contributed by atoms with Crippen LogP contribution in [0.3, 0.4) is 0 Å². The molecule has 4 aromatic rings. The number of fused-ring (bicyclic) bond motifs is 1. The number of nitrogens with one attached hydrogen (secondary N) is 1. The highest BCUT2D eigenvalue weighted by atomic mass is 35.5. The summed E-state index contributed by atoms with van der Waals surface area (Å²) in [5.41, 5.74) is 1.89. The van der Waals surface area contributed by atoms with Crippen molar-refractivity contribution in [3.63, 3.8) is 0 Å². The zero-order valence-corrected chi connectivity index (χ0v) is 22.4. The predicted octanol–water partition coefficient (Wildman–Crippen LogP) is 6.68. The van der Waals surface area contributed by atoms with E-state index < -0.39 is 11.7 Å². The highest BCUT2D eigenvalue weighted by Gasteiger charge is 2.32. The molecular formula is C28H28ClF3N4O3. The van der Waals surface area contributed by atoms with Crippen molar-refractivity contribution >= 4 is 23.1 Å². The molecule has 0 spiro atoms. The minimum absolute atomic E-state index is 0.0556. The quantitative estimate of drug-likeness (QED) is 0.300. The first-order valence-electron chi connectivity index (χ1n) is 12.1. The van der Waals surface area contributed by atoms with Crippen molar-refractivity contribution < 1.29 is 22.6 Å². The van der Waals surface area contributed by atoms with Gasteiger partial charge >= 0.3 is 6.18 Å². The van der Waals surface area contributed by atoms with E-state index in [1.54, 1.807) is 12.0 Å². The van der Waals surface area contributed by atoms with Crippen LogP contribution in [0.15, 0.2) is 78.1 Å². The van der Waals surface area contributed by atoms with E-state index in [1.807, 2.05) is 56.3 Å². The Hall–Kier alpha value is -4.05. The summed E-state index contributed by atoms with van der Waals surface area (Å²) in [6, 6.07) is 15.8. The Bertz CT molecular complexity index is 1400. The van der Waals surface area contributed by atoms with Crippen LogP contribution < -0.4 is 19.9 Å². The number of alkyl halides is 3. The molecule has 5 rings (SSSR count). The second kappa shape index (κ2) is 13.7. The molecule has 0 saturated heterocycles. The molecule has 2 aromatic heterocycles. The summed E-state index contributed by atoms with van der Waals surface area (Å²) in [6.07, 6.45) is -0.191. The first-order chi connectivity index (χ1) is 18.7. The third kappa shape index (κ3) is 7.97. The molecule has 0 aliphatic carbocycles. The number of methoxy groups -OCH3 is 1. The normalized spacial score (nSPS) is 12.1. The standard InChI is InChI=1S/C22H18ClF3N2O2.C4H4N2O.C2H6/c1-29-17-5-2-14(3-6-17)10-15-4-7-19-20(11-15)30-9-8-28(19)21-18(23)12-16(13-27-21)22(24,25)26;7-4-1-2-5-3-6-4;1-2/h2-7,11-13H,8-10H2,1H3;1-3H,(H,5,6,7);1-2H3. The maximum absolute atomic E-state index is 12.9. The summed E-state index contributed by atoms with van der Waals surface area (Å²) in [7, 11) is 1.62. The van der Waals surface area contributed by atoms with Crippen molar-refractivity contribution in [2.75, 3.05) is 25.2 Å². The minimum Gasteiger partial charge on any atom is -0.497 e. The number of nitrogens with zero attached hydrogens (tertiary/aromatic N) is 3. The van der Waals surface area contributed by atoms with Crippen molar-refractivity contribution in [2.45, 2.75) is 26.4 Å². The van der Waals surface area contributed by atoms with Crippen molar-refractivity contribution in [1.29, 1.82) is 0 Å². The Morgan fingerprint density at radius 1 is 1.08 bits per heavy atom. The molecule has 0 atom stereocenters. The lowest BCUT2D eigenvalue weighted by atomic mass is 10.0. The Kier molecular flexibility index (Phi) is 10.3. The lowest BCUT2D eigenvalue weighted by Crippen LogP contribution is -2.29. The fourth-order valence-electron chi connectivity index (χ4n) is 3.66. The van der Waals surface area contributed by atoms with Crippen molar-refractivity contribution in [2.24, 2.45) is 0 Å². The van der Waals surface area contributed by atoms with Gasteiger partial charge in [0.15, 0.2) is 5.82 Å². The van der Waals surface area contributed by atoms with Gasteiger partial charge in [0.25, 0.3) is 5.56 Å². The van der Waals surface area contributed by atoms with Gasteiger partial charge in [0.2, 0.25) is 0 Å². The molecule has 0 unspecified atom stereocenters. The van der Waals surface area contributed by atoms with E-state index >= 15 is 0 Å². The van der Waals surface area contributed by atoms with Crippen molar-refractivity contribution in [1.82, 2.24) is 15.0 Å². The Balaban J connectivity index is 0.000000401. The van der Waals surface area contributed by atoms with Crippen molar-refractivity contribution in [3.8, 4) is 11.5 Å². The van der Waals surface area contributed by atoms with Crippen LogP contribution in [0.1, 0.15) is 30.5 Å². The largest absolute Gasteiger partial charge is 0.497 e. The molecule has 0 radical (unpaired) electrons. The van der Waals surface area contributed by atoms with Crippen LogP contribution in [0, 0.1) is 0 Å². The number of benzene rings is 2. The second-order valence-electron chi connectivity index (χ2n) is 7.96. The molecule has 11 heteroatoms. The van der Waals surface area contributed by atoms with Gasteiger partial charge in [-0.2, -0.15) is 13.2 Å². The molecule has 0 saturated carbocycles. The number of H-pyrrole nitrogens is 1. The van der Waals surface area contributed by atoms with Gasteiger partial charge < -0.3 is 19.4 Å². The van der Waals surface area contributed by atoms with E-state index in [4.69, 9.17) is 21.1 Å². The van der Waals surface area contributed by atoms with Gasteiger partial charge in [0.05, 0.1) is 36.3 Å². The van der Waals surface area contributed by atoms with Gasteiger partial charge in [-0.25, -0.2) is 9.97 Å². The fourth-order valence-corrected chi connectivity index (χ4v) is 3.93. The Morgan fingerprint density at radius 3 is 2.36 bits per heavy atom. The molecule has 0 bridgehead atoms. The van der Waals surface area contributed by atoms with Crippen LogP contribution in [0.2, 0.25) is 5.02 Å². The number of hydrogen-bond donors (Lipinski definition) is 1. The van der Waals surface area contributed by atoms with E-state index in [0.717, 1.165) is 29.1 Å². The van der Waals surface area contributed by atoms with Crippen LogP contribution in [0.4, 0.5) is 24.7 Å². The third-order valence-corrected chi connectivity index (χ3v) is 5.73. The van der Waals surface area contributed by atoms with Crippen LogP contribution in [-0.4, -0.2) is 35.2 Å². The maximum atomic E-state index is 12.9. The summed E-state index contributed by atoms with van der Waals surface area (Å²) < 4.78 is 49.7. The predicted molar refractivity (Wildman–Crippen MR) is 145 cm³/mol. The van der Waals surface area contributed by atoms with Gasteiger partial charge in [-0.3, -0.25) is 4.79 Å². The number of ether oxygens (including phenoxy) is 2. The molecule has 2 aromatic carbocycles. The van der Waals surface area contributed by atoms with E-state index in [2.05, 4.69) is 15.0 Å². The summed E-state index contributed by atoms with van der Waals surface area (Å²) in [5.74, 6) is 1.71. The Labute approximate surface area is 229 Å². The fraction of sp³-hybridized carbons (Fsp3) is 0.250. The number of hydrogen-bond acceptors (Lipinski definition) is 6. The maximum Gasteiger partial charge on any atom is 0.417 e. The van der Waals surface area contributed by atoms with Gasteiger partial charge in [0, 0.05) is 18.5 Å². The van der Waals surface area contributed by atoms with E-state index in [0.29, 0.717) is 31.0 Å². The molecule has 0 amide bonds. The van der Waals surface area contributed by atoms with E-state index in [9.17, 15) is 18.0 Å². The Morgan fingerprint density at radius 2 is 1.79 bits per heavy atom. The smallest absolute Gasteiger partial charge is 0.417 e. The number of halogens is 4. The molecule has 3 heterocycles. The van der Waals surface area contributed by atoms with Gasteiger partial charge in [-0.1, -0.05) is 43.6 Å². The minimum atomic E-state index is -4.49. The topological polar surface area (TPSA) is 80.3 Å². The number of rotatable bonds is 4. The third-order valence-electron chi connectivity index (χ3n) is 5.45. The summed E-state index contributed by atoms with van der Waals surface area (Å²) >= 11 is 6.14. The van der Waals surface area contributed by atoms with Gasteiger partial charge in [0.1, 0.15) is 18.1 Å². The van der Waals surface area contributed by atoms with Crippen LogP contribution in [0.25, 0.3) is 0 Å². The lowest BCUT2D eigenvalue weighted by molar-refractivity contribution is -0.137. The highest BCUT2D eigenvalue weighted by Crippen LogP contribution is 2.41. The first kappa shape index (κ1) is 29.5. The molecule has 0 fully saturated rings. The summed E-state index contributed by atoms with van der Waals surface area (Å²) in [4.78, 5) is 21.9. The molecule has 1 N–H and O–H groups in total. The van der Waals surface area contributed by atoms with Crippen LogP contribution >= 0.6 is 11.6 Å². The summed E-state index contributed by atoms with van der Waals surface area (Å²) in [5, 5.41) is -0.0556. The average Bonchev–Trinajstić information content (AvgIpc) is 2.94. The zero-order chi connectivity index (χ0) is 28.4. The van der Waals surface area contributed by atoms with Crippen LogP contribution in [-0.2, 0) is 12.6 Å². The number of aromatic nitrogens is 3. The average molecular weight is 561 g/mol. The molecule has 7 nitrogen and oxygen atoms in total. The first-order valence-corrected chi connectivity index (χ1v) is 12.5. The molecule has 1 aliphatic heterocycles.